The van der Waals surface area contributed by atoms with Crippen LogP contribution in [-0.4, -0.2) is 11.1 Å². The zero-order valence-electron chi connectivity index (χ0n) is 8.55. The fraction of sp³-hybridized carbons (Fsp3) is 0.900. The van der Waals surface area contributed by atoms with E-state index in [4.69, 9.17) is 5.11 Å². The van der Waals surface area contributed by atoms with Gasteiger partial charge in [-0.1, -0.05) is 33.6 Å². The third kappa shape index (κ3) is 2.50. The molecule has 0 aliphatic rings. The predicted molar refractivity (Wildman–Crippen MR) is 50.1 cm³/mol. The highest BCUT2D eigenvalue weighted by atomic mass is 16.4. The van der Waals surface area contributed by atoms with Crippen LogP contribution < -0.4 is 0 Å². The zero-order chi connectivity index (χ0) is 9.78. The van der Waals surface area contributed by atoms with Crippen LogP contribution in [0.5, 0.6) is 0 Å². The largest absolute Gasteiger partial charge is 0.481 e. The molecule has 0 saturated heterocycles. The van der Waals surface area contributed by atoms with E-state index in [1.54, 1.807) is 0 Å². The van der Waals surface area contributed by atoms with Crippen molar-refractivity contribution in [3.05, 3.63) is 0 Å². The average molecular weight is 172 g/mol. The minimum Gasteiger partial charge on any atom is -0.481 e. The third-order valence-electron chi connectivity index (χ3n) is 2.81. The first-order chi connectivity index (χ1) is 5.45. The van der Waals surface area contributed by atoms with Gasteiger partial charge in [-0.2, -0.15) is 0 Å². The van der Waals surface area contributed by atoms with Crippen LogP contribution in [0.25, 0.3) is 0 Å². The molecule has 0 aromatic carbocycles. The van der Waals surface area contributed by atoms with E-state index in [0.29, 0.717) is 0 Å². The number of carboxylic acids is 1. The molecule has 0 bridgehead atoms. The Bertz CT molecular complexity index is 152. The lowest BCUT2D eigenvalue weighted by atomic mass is 9.75. The summed E-state index contributed by atoms with van der Waals surface area (Å²) in [5.74, 6) is -0.451. The first kappa shape index (κ1) is 11.5. The molecule has 0 aliphatic heterocycles. The molecule has 0 aromatic rings. The van der Waals surface area contributed by atoms with Gasteiger partial charge in [0, 0.05) is 0 Å². The van der Waals surface area contributed by atoms with Crippen LogP contribution in [0.3, 0.4) is 0 Å². The quantitative estimate of drug-likeness (QED) is 0.692. The molecule has 0 radical (unpaired) electrons. The van der Waals surface area contributed by atoms with Gasteiger partial charge in [0.15, 0.2) is 0 Å². The molecule has 0 fully saturated rings. The zero-order valence-corrected chi connectivity index (χ0v) is 8.55. The number of hydrogen-bond donors (Lipinski definition) is 1. The monoisotopic (exact) mass is 172 g/mol. The number of aliphatic carboxylic acids is 1. The maximum atomic E-state index is 11.0. The number of carbonyl (C=O) groups is 1. The number of unbranched alkanes of at least 4 members (excludes halogenated alkanes) is 1. The summed E-state index contributed by atoms with van der Waals surface area (Å²) in [5, 5.41) is 9.03. The van der Waals surface area contributed by atoms with Crippen molar-refractivity contribution in [1.29, 1.82) is 0 Å². The highest BCUT2D eigenvalue weighted by Crippen LogP contribution is 2.32. The Hall–Kier alpha value is -0.530. The predicted octanol–water partition coefficient (Wildman–Crippen LogP) is 2.92. The van der Waals surface area contributed by atoms with Gasteiger partial charge in [-0.05, 0) is 19.3 Å². The third-order valence-corrected chi connectivity index (χ3v) is 2.81. The van der Waals surface area contributed by atoms with Crippen molar-refractivity contribution in [2.75, 3.05) is 0 Å². The molecule has 0 rings (SSSR count). The first-order valence-electron chi connectivity index (χ1n) is 4.68. The van der Waals surface area contributed by atoms with Gasteiger partial charge in [-0.3, -0.25) is 4.79 Å². The molecule has 12 heavy (non-hydrogen) atoms. The van der Waals surface area contributed by atoms with Crippen LogP contribution in [0.2, 0.25) is 0 Å². The summed E-state index contributed by atoms with van der Waals surface area (Å²) in [6.07, 6.45) is 2.85. The molecule has 0 spiro atoms. The Morgan fingerprint density at radius 1 is 1.50 bits per heavy atom. The Morgan fingerprint density at radius 3 is 2.25 bits per heavy atom. The van der Waals surface area contributed by atoms with Gasteiger partial charge >= 0.3 is 5.97 Å². The molecule has 0 saturated carbocycles. The number of rotatable bonds is 5. The molecular weight excluding hydrogens is 152 g/mol. The van der Waals surface area contributed by atoms with Crippen molar-refractivity contribution in [3.63, 3.8) is 0 Å². The van der Waals surface area contributed by atoms with Gasteiger partial charge in [-0.25, -0.2) is 0 Å². The van der Waals surface area contributed by atoms with Gasteiger partial charge in [0.1, 0.15) is 0 Å². The van der Waals surface area contributed by atoms with E-state index in [0.717, 1.165) is 19.3 Å². The average Bonchev–Trinajstić information content (AvgIpc) is 1.99. The van der Waals surface area contributed by atoms with Crippen molar-refractivity contribution in [2.45, 2.75) is 47.0 Å². The molecule has 2 heteroatoms. The van der Waals surface area contributed by atoms with Gasteiger partial charge in [0.05, 0.1) is 5.41 Å². The highest BCUT2D eigenvalue weighted by molar-refractivity contribution is 5.74. The lowest BCUT2D eigenvalue weighted by molar-refractivity contribution is -0.151. The van der Waals surface area contributed by atoms with E-state index in [2.05, 4.69) is 6.92 Å². The number of carboxylic acid groups (broad SMARTS) is 1. The summed E-state index contributed by atoms with van der Waals surface area (Å²) in [4.78, 5) is 11.0. The molecule has 2 nitrogen and oxygen atoms in total. The van der Waals surface area contributed by atoms with Crippen LogP contribution in [0.15, 0.2) is 0 Å². The molecule has 1 N–H and O–H groups in total. The Labute approximate surface area is 75.0 Å². The van der Waals surface area contributed by atoms with E-state index >= 15 is 0 Å². The van der Waals surface area contributed by atoms with Crippen molar-refractivity contribution in [3.8, 4) is 0 Å². The summed E-state index contributed by atoms with van der Waals surface area (Å²) in [6, 6.07) is 0. The standard InChI is InChI=1S/C10H20O2/c1-5-6-7-10(4,8(2)3)9(11)12/h8H,5-7H2,1-4H3,(H,11,12). The topological polar surface area (TPSA) is 37.3 Å². The maximum absolute atomic E-state index is 11.0. The molecule has 72 valence electrons. The molecular formula is C10H20O2. The van der Waals surface area contributed by atoms with Gasteiger partial charge in [0.2, 0.25) is 0 Å². The van der Waals surface area contributed by atoms with Crippen LogP contribution >= 0.6 is 0 Å². The van der Waals surface area contributed by atoms with Gasteiger partial charge in [-0.15, -0.1) is 0 Å². The lowest BCUT2D eigenvalue weighted by Crippen LogP contribution is -2.32. The van der Waals surface area contributed by atoms with E-state index in [9.17, 15) is 4.79 Å². The fourth-order valence-electron chi connectivity index (χ4n) is 1.19. The molecule has 0 aromatic heterocycles. The normalized spacial score (nSPS) is 16.1. The molecule has 0 heterocycles. The lowest BCUT2D eigenvalue weighted by Gasteiger charge is -2.28. The Morgan fingerprint density at radius 2 is 2.00 bits per heavy atom. The molecule has 1 atom stereocenters. The van der Waals surface area contributed by atoms with Crippen molar-refractivity contribution >= 4 is 5.97 Å². The first-order valence-corrected chi connectivity index (χ1v) is 4.68. The molecule has 0 aliphatic carbocycles. The van der Waals surface area contributed by atoms with Crippen LogP contribution in [0.1, 0.15) is 47.0 Å². The maximum Gasteiger partial charge on any atom is 0.309 e. The smallest absolute Gasteiger partial charge is 0.309 e. The summed E-state index contributed by atoms with van der Waals surface area (Å²) < 4.78 is 0. The number of hydrogen-bond acceptors (Lipinski definition) is 1. The van der Waals surface area contributed by atoms with Crippen LogP contribution in [-0.2, 0) is 4.79 Å². The summed E-state index contributed by atoms with van der Waals surface area (Å²) in [5.41, 5.74) is -0.532. The Kier molecular flexibility index (Phi) is 4.29. The van der Waals surface area contributed by atoms with E-state index in [-0.39, 0.29) is 5.92 Å². The molecule has 0 amide bonds. The second-order valence-electron chi connectivity index (χ2n) is 3.98. The summed E-state index contributed by atoms with van der Waals surface area (Å²) in [7, 11) is 0. The molecule has 1 unspecified atom stereocenters. The second-order valence-corrected chi connectivity index (χ2v) is 3.98. The van der Waals surface area contributed by atoms with Crippen LogP contribution in [0, 0.1) is 11.3 Å². The summed E-state index contributed by atoms with van der Waals surface area (Å²) >= 11 is 0. The van der Waals surface area contributed by atoms with E-state index in [1.807, 2.05) is 20.8 Å². The second kappa shape index (κ2) is 4.48. The minimum atomic E-state index is -0.661. The minimum absolute atomic E-state index is 0.210. The SMILES string of the molecule is CCCCC(C)(C(=O)O)C(C)C. The van der Waals surface area contributed by atoms with E-state index in [1.165, 1.54) is 0 Å². The van der Waals surface area contributed by atoms with E-state index < -0.39 is 11.4 Å². The Balaban J connectivity index is 4.29. The van der Waals surface area contributed by atoms with Crippen LogP contribution in [0.4, 0.5) is 0 Å². The van der Waals surface area contributed by atoms with Crippen molar-refractivity contribution < 1.29 is 9.90 Å². The summed E-state index contributed by atoms with van der Waals surface area (Å²) in [6.45, 7) is 7.88. The van der Waals surface area contributed by atoms with Crippen molar-refractivity contribution in [2.24, 2.45) is 11.3 Å². The fourth-order valence-corrected chi connectivity index (χ4v) is 1.19. The van der Waals surface area contributed by atoms with Crippen molar-refractivity contribution in [1.82, 2.24) is 0 Å². The highest BCUT2D eigenvalue weighted by Gasteiger charge is 2.35. The van der Waals surface area contributed by atoms with Gasteiger partial charge < -0.3 is 5.11 Å². The van der Waals surface area contributed by atoms with Gasteiger partial charge in [0.25, 0.3) is 0 Å².